The minimum Gasteiger partial charge on any atom is -0.390 e. The molecule has 2 aromatic rings. The molecule has 4 atom stereocenters. The smallest absolute Gasteiger partial charge is 0.274 e. The topological polar surface area (TPSA) is 81.9 Å². The number of hydrogen-bond donors (Lipinski definition) is 1. The van der Waals surface area contributed by atoms with Crippen molar-refractivity contribution in [3.63, 3.8) is 0 Å². The van der Waals surface area contributed by atoms with Crippen molar-refractivity contribution >= 4 is 17.5 Å². The first-order valence-corrected chi connectivity index (χ1v) is 13.8. The van der Waals surface area contributed by atoms with Crippen molar-refractivity contribution < 1.29 is 14.7 Å². The van der Waals surface area contributed by atoms with E-state index >= 15 is 0 Å². The molecule has 2 unspecified atom stereocenters. The fourth-order valence-electron chi connectivity index (χ4n) is 6.85. The number of amides is 2. The van der Waals surface area contributed by atoms with Crippen molar-refractivity contribution in [3.05, 3.63) is 46.3 Å². The predicted molar refractivity (Wildman–Crippen MR) is 142 cm³/mol. The lowest BCUT2D eigenvalue weighted by Crippen LogP contribution is -2.50. The highest BCUT2D eigenvalue weighted by Gasteiger charge is 2.51. The van der Waals surface area contributed by atoms with Crippen molar-refractivity contribution in [2.24, 2.45) is 5.92 Å². The number of aromatic nitrogens is 2. The number of carbonyl (C=O) groups excluding carboxylic acids is 2. The summed E-state index contributed by atoms with van der Waals surface area (Å²) in [5.74, 6) is 1.05. The third kappa shape index (κ3) is 4.33. The Labute approximate surface area is 219 Å². The van der Waals surface area contributed by atoms with E-state index in [0.29, 0.717) is 50.0 Å². The number of rotatable bonds is 4. The number of likely N-dealkylation sites (tertiary alicyclic amines) is 1. The fraction of sp³-hybridized carbons (Fsp3) is 0.621. The van der Waals surface area contributed by atoms with Crippen LogP contribution in [0.4, 0.5) is 5.69 Å². The summed E-state index contributed by atoms with van der Waals surface area (Å²) >= 11 is 0. The quantitative estimate of drug-likeness (QED) is 0.691. The Morgan fingerprint density at radius 3 is 2.62 bits per heavy atom. The van der Waals surface area contributed by atoms with Gasteiger partial charge < -0.3 is 19.8 Å². The largest absolute Gasteiger partial charge is 0.390 e. The number of nitrogens with zero attached hydrogens (tertiary/aromatic N) is 5. The van der Waals surface area contributed by atoms with Crippen molar-refractivity contribution in [3.8, 4) is 0 Å². The molecule has 6 rings (SSSR count). The molecular formula is C29H39N5O3. The zero-order valence-electron chi connectivity index (χ0n) is 22.5. The molecule has 2 aliphatic carbocycles. The second-order valence-electron chi connectivity index (χ2n) is 12.1. The standard InChI is InChI=1S/C29H39N5O3/c1-18-6-5-7-23(20(18)3)31-10-12-32(13-11-31)25(35)17-34-24-15-21-14-22(21)26(24)27(30-34)28(36)33-9-8-29(4,37)16-19(33)2/h5-7,19,21-22,37H,8-17H2,1-4H3/t19?,21-,22-,29?/m1/s1. The van der Waals surface area contributed by atoms with Crippen LogP contribution < -0.4 is 4.90 Å². The van der Waals surface area contributed by atoms with Crippen LogP contribution in [0.15, 0.2) is 18.2 Å². The number of fused-ring (bicyclic) bond motifs is 3. The Balaban J connectivity index is 1.15. The molecule has 4 aliphatic rings. The second kappa shape index (κ2) is 8.86. The van der Waals surface area contributed by atoms with Gasteiger partial charge in [-0.3, -0.25) is 14.3 Å². The number of piperidine rings is 1. The third-order valence-electron chi connectivity index (χ3n) is 9.30. The average Bonchev–Trinajstić information content (AvgIpc) is 3.38. The van der Waals surface area contributed by atoms with Crippen molar-refractivity contribution in [1.82, 2.24) is 19.6 Å². The van der Waals surface area contributed by atoms with E-state index in [2.05, 4.69) is 36.9 Å². The predicted octanol–water partition coefficient (Wildman–Crippen LogP) is 2.88. The molecule has 1 aromatic carbocycles. The summed E-state index contributed by atoms with van der Waals surface area (Å²) in [6.07, 6.45) is 3.18. The van der Waals surface area contributed by atoms with E-state index < -0.39 is 5.60 Å². The van der Waals surface area contributed by atoms with Crippen LogP contribution in [0.5, 0.6) is 0 Å². The van der Waals surface area contributed by atoms with E-state index in [4.69, 9.17) is 5.10 Å². The summed E-state index contributed by atoms with van der Waals surface area (Å²) < 4.78 is 1.83. The van der Waals surface area contributed by atoms with Crippen LogP contribution in [0.1, 0.15) is 71.9 Å². The van der Waals surface area contributed by atoms with Crippen LogP contribution in [0.3, 0.4) is 0 Å². The maximum Gasteiger partial charge on any atom is 0.274 e. The maximum atomic E-state index is 13.6. The molecule has 37 heavy (non-hydrogen) atoms. The number of benzene rings is 1. The van der Waals surface area contributed by atoms with E-state index in [1.54, 1.807) is 0 Å². The summed E-state index contributed by atoms with van der Waals surface area (Å²) in [6, 6.07) is 6.37. The number of aryl methyl sites for hydroxylation is 1. The van der Waals surface area contributed by atoms with Gasteiger partial charge in [-0.1, -0.05) is 12.1 Å². The molecule has 8 heteroatoms. The Kier molecular flexibility index (Phi) is 5.86. The molecule has 0 radical (unpaired) electrons. The number of carbonyl (C=O) groups is 2. The molecule has 0 bridgehead atoms. The van der Waals surface area contributed by atoms with E-state index in [9.17, 15) is 14.7 Å². The molecule has 1 aromatic heterocycles. The van der Waals surface area contributed by atoms with Gasteiger partial charge in [0.15, 0.2) is 5.69 Å². The molecule has 1 N–H and O–H groups in total. The molecule has 2 saturated heterocycles. The highest BCUT2D eigenvalue weighted by molar-refractivity contribution is 5.95. The Morgan fingerprint density at radius 1 is 1.14 bits per heavy atom. The van der Waals surface area contributed by atoms with Gasteiger partial charge >= 0.3 is 0 Å². The van der Waals surface area contributed by atoms with Crippen molar-refractivity contribution in [2.75, 3.05) is 37.6 Å². The lowest BCUT2D eigenvalue weighted by Gasteiger charge is -2.40. The normalized spacial score (nSPS) is 28.8. The molecule has 2 amide bonds. The fourth-order valence-corrected chi connectivity index (χ4v) is 6.85. The van der Waals surface area contributed by atoms with Crippen LogP contribution in [0.2, 0.25) is 0 Å². The number of hydrogen-bond acceptors (Lipinski definition) is 5. The van der Waals surface area contributed by atoms with Gasteiger partial charge in [-0.25, -0.2) is 0 Å². The number of aliphatic hydroxyl groups is 1. The zero-order chi connectivity index (χ0) is 26.1. The van der Waals surface area contributed by atoms with Gasteiger partial charge in [-0.05, 0) is 82.4 Å². The van der Waals surface area contributed by atoms with Gasteiger partial charge in [0.25, 0.3) is 5.91 Å². The summed E-state index contributed by atoms with van der Waals surface area (Å²) in [4.78, 5) is 33.2. The Hall–Kier alpha value is -2.87. The van der Waals surface area contributed by atoms with E-state index in [0.717, 1.165) is 37.2 Å². The van der Waals surface area contributed by atoms with E-state index in [1.807, 2.05) is 28.3 Å². The van der Waals surface area contributed by atoms with Gasteiger partial charge in [0.2, 0.25) is 5.91 Å². The first-order chi connectivity index (χ1) is 17.6. The number of anilines is 1. The zero-order valence-corrected chi connectivity index (χ0v) is 22.5. The van der Waals surface area contributed by atoms with E-state index in [-0.39, 0.29) is 24.4 Å². The molecule has 3 fully saturated rings. The first kappa shape index (κ1) is 24.5. The first-order valence-electron chi connectivity index (χ1n) is 13.8. The minimum absolute atomic E-state index is 0.0385. The second-order valence-corrected chi connectivity index (χ2v) is 12.1. The van der Waals surface area contributed by atoms with Crippen molar-refractivity contribution in [1.29, 1.82) is 0 Å². The summed E-state index contributed by atoms with van der Waals surface area (Å²) in [6.45, 7) is 11.9. The van der Waals surface area contributed by atoms with Crippen LogP contribution in [-0.2, 0) is 17.8 Å². The van der Waals surface area contributed by atoms with Crippen LogP contribution in [0.25, 0.3) is 0 Å². The van der Waals surface area contributed by atoms with Crippen LogP contribution >= 0.6 is 0 Å². The lowest BCUT2D eigenvalue weighted by molar-refractivity contribution is -0.132. The minimum atomic E-state index is -0.729. The summed E-state index contributed by atoms with van der Waals surface area (Å²) in [7, 11) is 0. The van der Waals surface area contributed by atoms with Crippen molar-refractivity contribution in [2.45, 2.75) is 77.5 Å². The van der Waals surface area contributed by atoms with Gasteiger partial charge in [0, 0.05) is 55.7 Å². The SMILES string of the molecule is Cc1cccc(N2CCN(C(=O)Cn3nc(C(=O)N4CCC(C)(O)CC4C)c4c3C[C@H]3C[C@@H]43)CC2)c1C. The number of piperazine rings is 1. The highest BCUT2D eigenvalue weighted by atomic mass is 16.3. The third-order valence-corrected chi connectivity index (χ3v) is 9.30. The molecular weight excluding hydrogens is 466 g/mol. The molecule has 2 aliphatic heterocycles. The summed E-state index contributed by atoms with van der Waals surface area (Å²) in [5.41, 5.74) is 5.84. The molecule has 3 heterocycles. The Bertz CT molecular complexity index is 1240. The van der Waals surface area contributed by atoms with Crippen LogP contribution in [-0.4, -0.2) is 80.9 Å². The molecule has 8 nitrogen and oxygen atoms in total. The molecule has 0 spiro atoms. The van der Waals surface area contributed by atoms with Gasteiger partial charge in [-0.2, -0.15) is 5.10 Å². The monoisotopic (exact) mass is 505 g/mol. The average molecular weight is 506 g/mol. The molecule has 198 valence electrons. The Morgan fingerprint density at radius 2 is 1.89 bits per heavy atom. The van der Waals surface area contributed by atoms with Gasteiger partial charge in [0.1, 0.15) is 6.54 Å². The highest BCUT2D eigenvalue weighted by Crippen LogP contribution is 2.57. The van der Waals surface area contributed by atoms with Gasteiger partial charge in [0.05, 0.1) is 5.60 Å². The maximum absolute atomic E-state index is 13.6. The van der Waals surface area contributed by atoms with Crippen LogP contribution in [0, 0.1) is 19.8 Å². The van der Waals surface area contributed by atoms with E-state index in [1.165, 1.54) is 16.8 Å². The summed E-state index contributed by atoms with van der Waals surface area (Å²) in [5, 5.41) is 15.2. The lowest BCUT2D eigenvalue weighted by atomic mass is 9.88. The van der Waals surface area contributed by atoms with Gasteiger partial charge in [-0.15, -0.1) is 0 Å². The molecule has 1 saturated carbocycles.